The van der Waals surface area contributed by atoms with Crippen molar-refractivity contribution < 1.29 is 0 Å². The third kappa shape index (κ3) is 4.67. The molecule has 0 saturated carbocycles. The number of hydrogen-bond acceptors (Lipinski definition) is 2. The molecule has 0 N–H and O–H groups in total. The van der Waals surface area contributed by atoms with Crippen molar-refractivity contribution in [3.8, 4) is 0 Å². The number of benzene rings is 4. The summed E-state index contributed by atoms with van der Waals surface area (Å²) in [4.78, 5) is 10.0. The molecule has 4 aromatic carbocycles. The molecule has 4 heteroatoms. The molecule has 6 aromatic rings. The van der Waals surface area contributed by atoms with Crippen LogP contribution in [0.15, 0.2) is 109 Å². The predicted molar refractivity (Wildman–Crippen MR) is 147 cm³/mol. The van der Waals surface area contributed by atoms with Crippen LogP contribution < -0.4 is 0 Å². The lowest BCUT2D eigenvalue weighted by Gasteiger charge is -2.11. The molecule has 0 saturated heterocycles. The Morgan fingerprint density at radius 3 is 1.28 bits per heavy atom. The third-order valence-corrected chi connectivity index (χ3v) is 6.89. The van der Waals surface area contributed by atoms with Gasteiger partial charge >= 0.3 is 0 Å². The number of fused-ring (bicyclic) bond motifs is 2. The average molecular weight is 471 g/mol. The van der Waals surface area contributed by atoms with E-state index in [4.69, 9.17) is 9.97 Å². The third-order valence-electron chi connectivity index (χ3n) is 6.89. The highest BCUT2D eigenvalue weighted by Crippen LogP contribution is 2.22. The Hall–Kier alpha value is -4.18. The van der Waals surface area contributed by atoms with Crippen LogP contribution in [0, 0.1) is 0 Å². The van der Waals surface area contributed by atoms with Crippen LogP contribution >= 0.6 is 0 Å². The van der Waals surface area contributed by atoms with E-state index in [-0.39, 0.29) is 0 Å². The maximum atomic E-state index is 5.00. The maximum Gasteiger partial charge on any atom is 0.110 e. The fourth-order valence-electron chi connectivity index (χ4n) is 5.08. The van der Waals surface area contributed by atoms with Gasteiger partial charge in [0.25, 0.3) is 0 Å². The molecule has 0 bridgehead atoms. The number of rotatable bonds is 9. The summed E-state index contributed by atoms with van der Waals surface area (Å²) in [7, 11) is 0. The molecule has 36 heavy (non-hydrogen) atoms. The highest BCUT2D eigenvalue weighted by atomic mass is 15.1. The summed E-state index contributed by atoms with van der Waals surface area (Å²) >= 11 is 0. The summed E-state index contributed by atoms with van der Waals surface area (Å²) in [6.07, 6.45) is 4.07. The topological polar surface area (TPSA) is 35.6 Å². The summed E-state index contributed by atoms with van der Waals surface area (Å²) in [5.41, 5.74) is 7.18. The Morgan fingerprint density at radius 2 is 0.833 bits per heavy atom. The second-order valence-corrected chi connectivity index (χ2v) is 9.38. The zero-order valence-corrected chi connectivity index (χ0v) is 20.4. The van der Waals surface area contributed by atoms with Crippen molar-refractivity contribution in [3.05, 3.63) is 132 Å². The van der Waals surface area contributed by atoms with Crippen molar-refractivity contribution in [2.75, 3.05) is 0 Å². The van der Waals surface area contributed by atoms with Gasteiger partial charge in [-0.2, -0.15) is 0 Å². The quantitative estimate of drug-likeness (QED) is 0.212. The van der Waals surface area contributed by atoms with Crippen LogP contribution in [0.25, 0.3) is 22.1 Å². The molecule has 0 aliphatic carbocycles. The Labute approximate surface area is 211 Å². The standard InChI is InChI=1S/C32H30N4/c1-3-13-25(14-4-1)23-35-29-19-9-7-17-27(29)33-31(35)21-11-12-22-32-34-28-18-8-10-20-30(28)36(32)24-26-15-5-2-6-16-26/h1-10,13-20H,11-12,21-24H2. The van der Waals surface area contributed by atoms with Crippen LogP contribution in [0.2, 0.25) is 0 Å². The van der Waals surface area contributed by atoms with Crippen molar-refractivity contribution in [3.63, 3.8) is 0 Å². The van der Waals surface area contributed by atoms with Gasteiger partial charge in [-0.1, -0.05) is 84.9 Å². The van der Waals surface area contributed by atoms with Crippen molar-refractivity contribution in [2.24, 2.45) is 0 Å². The first-order valence-corrected chi connectivity index (χ1v) is 12.8. The number of hydrogen-bond donors (Lipinski definition) is 0. The molecule has 2 aromatic heterocycles. The van der Waals surface area contributed by atoms with Gasteiger partial charge < -0.3 is 9.13 Å². The van der Waals surface area contributed by atoms with E-state index in [2.05, 4.69) is 118 Å². The van der Waals surface area contributed by atoms with Crippen LogP contribution in [0.3, 0.4) is 0 Å². The van der Waals surface area contributed by atoms with E-state index in [0.29, 0.717) is 0 Å². The van der Waals surface area contributed by atoms with Gasteiger partial charge in [0.2, 0.25) is 0 Å². The number of aromatic nitrogens is 4. The van der Waals surface area contributed by atoms with Gasteiger partial charge in [-0.25, -0.2) is 9.97 Å². The van der Waals surface area contributed by atoms with Crippen molar-refractivity contribution in [1.82, 2.24) is 19.1 Å². The zero-order chi connectivity index (χ0) is 24.2. The lowest BCUT2D eigenvalue weighted by atomic mass is 10.1. The summed E-state index contributed by atoms with van der Waals surface area (Å²) < 4.78 is 4.77. The monoisotopic (exact) mass is 470 g/mol. The van der Waals surface area contributed by atoms with Gasteiger partial charge in [-0.05, 0) is 48.2 Å². The second kappa shape index (κ2) is 10.2. The van der Waals surface area contributed by atoms with Gasteiger partial charge in [0.05, 0.1) is 22.1 Å². The molecular formula is C32H30N4. The number of aryl methyl sites for hydroxylation is 2. The molecular weight excluding hydrogens is 440 g/mol. The summed E-state index contributed by atoms with van der Waals surface area (Å²) in [5.74, 6) is 2.33. The maximum absolute atomic E-state index is 5.00. The van der Waals surface area contributed by atoms with Crippen LogP contribution in [0.4, 0.5) is 0 Å². The second-order valence-electron chi connectivity index (χ2n) is 9.38. The van der Waals surface area contributed by atoms with Crippen LogP contribution in [-0.4, -0.2) is 19.1 Å². The highest BCUT2D eigenvalue weighted by molar-refractivity contribution is 5.76. The van der Waals surface area contributed by atoms with E-state index >= 15 is 0 Å². The number of nitrogens with zero attached hydrogens (tertiary/aromatic N) is 4. The van der Waals surface area contributed by atoms with Crippen LogP contribution in [-0.2, 0) is 25.9 Å². The molecule has 0 spiro atoms. The van der Waals surface area contributed by atoms with Gasteiger partial charge in [-0.15, -0.1) is 0 Å². The van der Waals surface area contributed by atoms with Crippen LogP contribution in [0.5, 0.6) is 0 Å². The molecule has 0 fully saturated rings. The van der Waals surface area contributed by atoms with Crippen LogP contribution in [0.1, 0.15) is 35.6 Å². The first kappa shape index (κ1) is 22.3. The highest BCUT2D eigenvalue weighted by Gasteiger charge is 2.13. The minimum absolute atomic E-state index is 0.851. The molecule has 0 atom stereocenters. The van der Waals surface area contributed by atoms with E-state index < -0.39 is 0 Å². The Morgan fingerprint density at radius 1 is 0.444 bits per heavy atom. The van der Waals surface area contributed by atoms with E-state index in [1.54, 1.807) is 0 Å². The average Bonchev–Trinajstić information content (AvgIpc) is 3.45. The van der Waals surface area contributed by atoms with E-state index in [1.807, 2.05) is 0 Å². The smallest absolute Gasteiger partial charge is 0.110 e. The Kier molecular flexibility index (Phi) is 6.32. The molecule has 6 rings (SSSR count). The van der Waals surface area contributed by atoms with Gasteiger partial charge in [0.15, 0.2) is 0 Å². The molecule has 0 amide bonds. The Bertz CT molecular complexity index is 1460. The number of para-hydroxylation sites is 4. The fourth-order valence-corrected chi connectivity index (χ4v) is 5.08. The molecule has 4 nitrogen and oxygen atoms in total. The summed E-state index contributed by atoms with van der Waals surface area (Å²) in [5, 5.41) is 0. The van der Waals surface area contributed by atoms with E-state index in [1.165, 1.54) is 22.2 Å². The van der Waals surface area contributed by atoms with Crippen molar-refractivity contribution >= 4 is 22.1 Å². The molecule has 0 aliphatic rings. The van der Waals surface area contributed by atoms with E-state index in [9.17, 15) is 0 Å². The first-order valence-electron chi connectivity index (χ1n) is 12.8. The SMILES string of the molecule is c1ccc(Cn2c(CCCCc3nc4ccccc4n3Cc3ccccc3)nc3ccccc32)cc1. The fraction of sp³-hybridized carbons (Fsp3) is 0.188. The van der Waals surface area contributed by atoms with Crippen molar-refractivity contribution in [2.45, 2.75) is 38.8 Å². The Balaban J connectivity index is 1.19. The summed E-state index contributed by atoms with van der Waals surface area (Å²) in [6.45, 7) is 1.70. The summed E-state index contributed by atoms with van der Waals surface area (Å²) in [6, 6.07) is 38.3. The van der Waals surface area contributed by atoms with E-state index in [0.717, 1.165) is 61.5 Å². The number of imidazole rings is 2. The lowest BCUT2D eigenvalue weighted by molar-refractivity contribution is 0.638. The van der Waals surface area contributed by atoms with Gasteiger partial charge in [0, 0.05) is 25.9 Å². The minimum Gasteiger partial charge on any atom is -0.323 e. The van der Waals surface area contributed by atoms with Gasteiger partial charge in [-0.3, -0.25) is 0 Å². The molecule has 0 radical (unpaired) electrons. The molecule has 0 unspecified atom stereocenters. The van der Waals surface area contributed by atoms with Gasteiger partial charge in [0.1, 0.15) is 11.6 Å². The van der Waals surface area contributed by atoms with Crippen molar-refractivity contribution in [1.29, 1.82) is 0 Å². The molecule has 2 heterocycles. The number of unbranched alkanes of at least 4 members (excludes halogenated alkanes) is 1. The lowest BCUT2D eigenvalue weighted by Crippen LogP contribution is -2.07. The molecule has 0 aliphatic heterocycles. The largest absolute Gasteiger partial charge is 0.323 e. The first-order chi connectivity index (χ1) is 17.8. The normalized spacial score (nSPS) is 11.4. The predicted octanol–water partition coefficient (Wildman–Crippen LogP) is 7.05. The minimum atomic E-state index is 0.851. The zero-order valence-electron chi connectivity index (χ0n) is 20.4. The molecule has 178 valence electrons.